The Morgan fingerprint density at radius 2 is 2.00 bits per heavy atom. The van der Waals surface area contributed by atoms with Crippen molar-refractivity contribution in [3.8, 4) is 0 Å². The van der Waals surface area contributed by atoms with E-state index in [0.717, 1.165) is 47.3 Å². The number of hydrogen-bond acceptors (Lipinski definition) is 4. The lowest BCUT2D eigenvalue weighted by Crippen LogP contribution is -2.26. The minimum absolute atomic E-state index is 0.0777. The summed E-state index contributed by atoms with van der Waals surface area (Å²) in [6, 6.07) is 8.16. The van der Waals surface area contributed by atoms with Crippen LogP contribution < -0.4 is 5.32 Å². The minimum atomic E-state index is -0.243. The predicted octanol–water partition coefficient (Wildman–Crippen LogP) is 2.95. The van der Waals surface area contributed by atoms with Crippen LogP contribution in [0, 0.1) is 11.8 Å². The molecule has 2 N–H and O–H groups in total. The molecule has 0 radical (unpaired) electrons. The summed E-state index contributed by atoms with van der Waals surface area (Å²) in [5.74, 6) is 1.79. The maximum atomic E-state index is 12.6. The van der Waals surface area contributed by atoms with Crippen molar-refractivity contribution in [2.24, 2.45) is 11.8 Å². The fourth-order valence-electron chi connectivity index (χ4n) is 5.10. The summed E-state index contributed by atoms with van der Waals surface area (Å²) >= 11 is 0. The van der Waals surface area contributed by atoms with Gasteiger partial charge in [0.25, 0.3) is 5.91 Å². The average Bonchev–Trinajstić information content (AvgIpc) is 3.17. The van der Waals surface area contributed by atoms with Crippen molar-refractivity contribution < 1.29 is 14.3 Å². The number of amides is 2. The van der Waals surface area contributed by atoms with E-state index >= 15 is 0 Å². The number of ether oxygens (including phenoxy) is 1. The van der Waals surface area contributed by atoms with Crippen LogP contribution >= 0.6 is 0 Å². The Kier molecular flexibility index (Phi) is 4.38. The summed E-state index contributed by atoms with van der Waals surface area (Å²) in [6.45, 7) is 5.14. The summed E-state index contributed by atoms with van der Waals surface area (Å²) < 4.78 is 4.99. The Hall–Kier alpha value is -3.06. The zero-order chi connectivity index (χ0) is 20.9. The highest BCUT2D eigenvalue weighted by molar-refractivity contribution is 6.34. The van der Waals surface area contributed by atoms with E-state index in [1.165, 1.54) is 25.1 Å². The van der Waals surface area contributed by atoms with E-state index in [4.69, 9.17) is 4.74 Å². The maximum Gasteiger partial charge on any atom is 0.409 e. The summed E-state index contributed by atoms with van der Waals surface area (Å²) in [4.78, 5) is 31.8. The summed E-state index contributed by atoms with van der Waals surface area (Å²) in [7, 11) is 0. The zero-order valence-electron chi connectivity index (χ0n) is 17.4. The van der Waals surface area contributed by atoms with Crippen LogP contribution in [-0.2, 0) is 22.5 Å². The predicted molar refractivity (Wildman–Crippen MR) is 117 cm³/mol. The molecular weight excluding hydrogens is 392 g/mol. The molecule has 0 unspecified atom stereocenters. The first kappa shape index (κ1) is 18.7. The number of fused-ring (bicyclic) bond motifs is 2. The van der Waals surface area contributed by atoms with E-state index in [9.17, 15) is 9.59 Å². The van der Waals surface area contributed by atoms with Crippen LogP contribution in [0.1, 0.15) is 28.8 Å². The minimum Gasteiger partial charge on any atom is -0.448 e. The van der Waals surface area contributed by atoms with Gasteiger partial charge in [-0.25, -0.2) is 4.79 Å². The van der Waals surface area contributed by atoms with Crippen molar-refractivity contribution in [1.29, 1.82) is 0 Å². The number of carbonyl (C=O) groups excluding carboxylic acids is 2. The smallest absolute Gasteiger partial charge is 0.409 e. The van der Waals surface area contributed by atoms with Gasteiger partial charge < -0.3 is 19.9 Å². The molecule has 3 fully saturated rings. The van der Waals surface area contributed by atoms with E-state index in [2.05, 4.69) is 33.5 Å². The molecule has 4 heterocycles. The Morgan fingerprint density at radius 1 is 1.13 bits per heavy atom. The third-order valence-electron chi connectivity index (χ3n) is 6.91. The zero-order valence-corrected chi connectivity index (χ0v) is 17.4. The monoisotopic (exact) mass is 418 g/mol. The van der Waals surface area contributed by atoms with Crippen LogP contribution in [0.25, 0.3) is 11.6 Å². The molecule has 160 valence electrons. The fraction of sp³-hybridized carbons (Fsp3) is 0.417. The Balaban J connectivity index is 1.17. The fourth-order valence-corrected chi connectivity index (χ4v) is 5.10. The summed E-state index contributed by atoms with van der Waals surface area (Å²) in [5.41, 5.74) is 5.74. The van der Waals surface area contributed by atoms with Gasteiger partial charge in [0.1, 0.15) is 6.61 Å². The first-order valence-corrected chi connectivity index (χ1v) is 11.1. The number of hydrogen-bond donors (Lipinski definition) is 2. The lowest BCUT2D eigenvalue weighted by atomic mass is 10.0. The number of nitrogens with one attached hydrogen (secondary N) is 2. The van der Waals surface area contributed by atoms with Crippen molar-refractivity contribution in [3.05, 3.63) is 52.8 Å². The van der Waals surface area contributed by atoms with E-state index in [1.807, 2.05) is 18.2 Å². The third kappa shape index (κ3) is 3.63. The molecule has 31 heavy (non-hydrogen) atoms. The van der Waals surface area contributed by atoms with E-state index < -0.39 is 0 Å². The largest absolute Gasteiger partial charge is 0.448 e. The van der Waals surface area contributed by atoms with Gasteiger partial charge in [0.05, 0.1) is 12.1 Å². The van der Waals surface area contributed by atoms with Crippen LogP contribution in [-0.4, -0.2) is 59.6 Å². The highest BCUT2D eigenvalue weighted by atomic mass is 16.6. The Bertz CT molecular complexity index is 1080. The molecule has 2 aromatic rings. The van der Waals surface area contributed by atoms with Gasteiger partial charge in [0.15, 0.2) is 0 Å². The molecule has 7 nitrogen and oxygen atoms in total. The first-order valence-electron chi connectivity index (χ1n) is 11.1. The molecule has 0 spiro atoms. The van der Waals surface area contributed by atoms with Crippen LogP contribution in [0.15, 0.2) is 30.5 Å². The molecule has 1 aliphatic carbocycles. The van der Waals surface area contributed by atoms with Crippen molar-refractivity contribution in [2.75, 3.05) is 38.1 Å². The number of anilines is 1. The van der Waals surface area contributed by atoms with Gasteiger partial charge in [0.2, 0.25) is 0 Å². The van der Waals surface area contributed by atoms with Gasteiger partial charge in [-0.05, 0) is 60.1 Å². The van der Waals surface area contributed by atoms with Crippen molar-refractivity contribution in [1.82, 2.24) is 14.8 Å². The second kappa shape index (κ2) is 7.27. The van der Waals surface area contributed by atoms with Crippen molar-refractivity contribution in [2.45, 2.75) is 19.4 Å². The molecule has 2 saturated heterocycles. The SMILES string of the molecule is O=C1Nc2ccc(CCN3CCOC3=O)cc2C1=Cc1cc(CN2C[C@H]3C[C@H]3C2)c[nH]1. The van der Waals surface area contributed by atoms with Crippen LogP contribution in [0.2, 0.25) is 0 Å². The third-order valence-corrected chi connectivity index (χ3v) is 6.91. The number of likely N-dealkylation sites (tertiary alicyclic amines) is 1. The molecule has 0 bridgehead atoms. The van der Waals surface area contributed by atoms with Crippen LogP contribution in [0.4, 0.5) is 10.5 Å². The quantitative estimate of drug-likeness (QED) is 0.707. The summed E-state index contributed by atoms with van der Waals surface area (Å²) in [6.07, 6.45) is 5.89. The second-order valence-electron chi connectivity index (χ2n) is 9.16. The number of H-pyrrole nitrogens is 1. The highest BCUT2D eigenvalue weighted by Gasteiger charge is 2.44. The Morgan fingerprint density at radius 3 is 2.81 bits per heavy atom. The van der Waals surface area contributed by atoms with Gasteiger partial charge in [-0.15, -0.1) is 0 Å². The molecule has 6 rings (SSSR count). The number of aromatic amines is 1. The molecule has 2 amide bonds. The van der Waals surface area contributed by atoms with Gasteiger partial charge in [0, 0.05) is 49.3 Å². The highest BCUT2D eigenvalue weighted by Crippen LogP contribution is 2.45. The average molecular weight is 418 g/mol. The Labute approximate surface area is 181 Å². The van der Waals surface area contributed by atoms with Crippen LogP contribution in [0.3, 0.4) is 0 Å². The number of cyclic esters (lactones) is 1. The number of benzene rings is 1. The van der Waals surface area contributed by atoms with E-state index in [-0.39, 0.29) is 12.0 Å². The standard InChI is InChI=1S/C24H26N4O3/c29-23-21(10-19-7-16(11-25-19)12-27-13-17-9-18(17)14-27)20-8-15(1-2-22(20)26-23)3-4-28-5-6-31-24(28)30/h1-2,7-8,10-11,17-18,25H,3-6,9,12-14H2,(H,26,29)/t17-,18+. The van der Waals surface area contributed by atoms with Gasteiger partial charge in [-0.2, -0.15) is 0 Å². The van der Waals surface area contributed by atoms with Gasteiger partial charge in [-0.3, -0.25) is 9.69 Å². The molecule has 2 atom stereocenters. The van der Waals surface area contributed by atoms with Crippen molar-refractivity contribution in [3.63, 3.8) is 0 Å². The maximum absolute atomic E-state index is 12.6. The van der Waals surface area contributed by atoms with Gasteiger partial charge in [-0.1, -0.05) is 6.07 Å². The number of aromatic nitrogens is 1. The summed E-state index contributed by atoms with van der Waals surface area (Å²) in [5, 5.41) is 2.96. The molecule has 4 aliphatic rings. The molecule has 3 aliphatic heterocycles. The number of carbonyl (C=O) groups is 2. The normalized spacial score (nSPS) is 25.7. The lowest BCUT2D eigenvalue weighted by Gasteiger charge is -2.15. The molecule has 7 heteroatoms. The molecule has 1 saturated carbocycles. The number of piperidine rings is 1. The van der Waals surface area contributed by atoms with Gasteiger partial charge >= 0.3 is 6.09 Å². The van der Waals surface area contributed by atoms with E-state index in [0.29, 0.717) is 25.3 Å². The van der Waals surface area contributed by atoms with E-state index in [1.54, 1.807) is 4.90 Å². The van der Waals surface area contributed by atoms with Crippen molar-refractivity contribution >= 4 is 29.3 Å². The molecule has 1 aromatic heterocycles. The molecule has 1 aromatic carbocycles. The number of rotatable bonds is 6. The molecular formula is C24H26N4O3. The lowest BCUT2D eigenvalue weighted by molar-refractivity contribution is -0.110. The second-order valence-corrected chi connectivity index (χ2v) is 9.16. The number of nitrogens with zero attached hydrogens (tertiary/aromatic N) is 2. The van der Waals surface area contributed by atoms with Crippen LogP contribution in [0.5, 0.6) is 0 Å². The topological polar surface area (TPSA) is 77.7 Å². The first-order chi connectivity index (χ1) is 15.1.